The van der Waals surface area contributed by atoms with E-state index < -0.39 is 6.61 Å². The first-order chi connectivity index (χ1) is 13.1. The fourth-order valence-electron chi connectivity index (χ4n) is 3.18. The largest absolute Gasteiger partial charge is 0.415 e. The van der Waals surface area contributed by atoms with E-state index in [1.807, 2.05) is 4.68 Å². The van der Waals surface area contributed by atoms with Gasteiger partial charge in [-0.05, 0) is 19.8 Å². The van der Waals surface area contributed by atoms with Crippen LogP contribution in [0.15, 0.2) is 18.5 Å². The quantitative estimate of drug-likeness (QED) is 0.679. The van der Waals surface area contributed by atoms with Crippen LogP contribution in [0, 0.1) is 5.92 Å². The number of hydrogen-bond acceptors (Lipinski definition) is 7. The van der Waals surface area contributed by atoms with Gasteiger partial charge in [-0.2, -0.15) is 13.9 Å². The molecule has 3 aromatic rings. The number of anilines is 2. The Balaban J connectivity index is 1.55. The zero-order valence-electron chi connectivity index (χ0n) is 14.6. The van der Waals surface area contributed by atoms with Crippen molar-refractivity contribution in [3.05, 3.63) is 18.5 Å². The summed E-state index contributed by atoms with van der Waals surface area (Å²) < 4.78 is 36.1. The first-order valence-electron chi connectivity index (χ1n) is 8.65. The third-order valence-corrected chi connectivity index (χ3v) is 4.59. The second kappa shape index (κ2) is 7.43. The zero-order chi connectivity index (χ0) is 18.8. The van der Waals surface area contributed by atoms with Crippen molar-refractivity contribution >= 4 is 22.8 Å². The third-order valence-electron chi connectivity index (χ3n) is 4.59. The minimum atomic E-state index is -2.93. The maximum atomic E-state index is 12.2. The molecule has 0 unspecified atom stereocenters. The Bertz CT molecular complexity index is 907. The van der Waals surface area contributed by atoms with Gasteiger partial charge in [0.25, 0.3) is 0 Å². The molecular formula is C16H19F2N7O2. The van der Waals surface area contributed by atoms with Gasteiger partial charge in [0.15, 0.2) is 11.5 Å². The Morgan fingerprint density at radius 3 is 3.07 bits per heavy atom. The number of fused-ring (bicyclic) bond motifs is 1. The van der Waals surface area contributed by atoms with Crippen molar-refractivity contribution in [2.75, 3.05) is 18.5 Å². The number of rotatable bonds is 6. The molecule has 144 valence electrons. The van der Waals surface area contributed by atoms with Gasteiger partial charge in [-0.3, -0.25) is 5.10 Å². The van der Waals surface area contributed by atoms with Crippen LogP contribution >= 0.6 is 0 Å². The van der Waals surface area contributed by atoms with Crippen LogP contribution in [0.25, 0.3) is 11.2 Å². The molecular weight excluding hydrogens is 360 g/mol. The van der Waals surface area contributed by atoms with Gasteiger partial charge in [0.05, 0.1) is 25.0 Å². The summed E-state index contributed by atoms with van der Waals surface area (Å²) in [6.07, 6.45) is 5.33. The fourth-order valence-corrected chi connectivity index (χ4v) is 3.18. The van der Waals surface area contributed by atoms with Crippen LogP contribution < -0.4 is 10.1 Å². The number of aromatic nitrogens is 6. The number of alkyl halides is 2. The lowest BCUT2D eigenvalue weighted by Crippen LogP contribution is -2.26. The molecule has 1 aliphatic rings. The number of hydrogen-bond donors (Lipinski definition) is 2. The Hall–Kier alpha value is -2.82. The van der Waals surface area contributed by atoms with Crippen molar-refractivity contribution in [2.24, 2.45) is 5.92 Å². The van der Waals surface area contributed by atoms with E-state index in [0.717, 1.165) is 19.4 Å². The van der Waals surface area contributed by atoms with E-state index in [9.17, 15) is 8.78 Å². The van der Waals surface area contributed by atoms with E-state index in [4.69, 9.17) is 4.74 Å². The molecule has 9 nitrogen and oxygen atoms in total. The Morgan fingerprint density at radius 2 is 2.30 bits per heavy atom. The van der Waals surface area contributed by atoms with Gasteiger partial charge in [-0.25, -0.2) is 14.6 Å². The molecule has 0 aromatic carbocycles. The van der Waals surface area contributed by atoms with Crippen LogP contribution in [-0.4, -0.2) is 49.8 Å². The van der Waals surface area contributed by atoms with Crippen molar-refractivity contribution < 1.29 is 18.3 Å². The number of aromatic amines is 1. The average Bonchev–Trinajstić information content (AvgIpc) is 3.28. The van der Waals surface area contributed by atoms with Gasteiger partial charge in [-0.15, -0.1) is 5.10 Å². The SMILES string of the molecule is C[C@@H]([C@@H]1CCCOC1)n1ncc2ncc(Nc3cc(OC(F)F)n[nH]3)nc21. The molecule has 4 heterocycles. The number of nitrogens with zero attached hydrogens (tertiary/aromatic N) is 5. The van der Waals surface area contributed by atoms with Crippen molar-refractivity contribution in [3.63, 3.8) is 0 Å². The molecule has 2 N–H and O–H groups in total. The van der Waals surface area contributed by atoms with Crippen molar-refractivity contribution in [3.8, 4) is 5.88 Å². The summed E-state index contributed by atoms with van der Waals surface area (Å²) in [6.45, 7) is 0.668. The molecule has 0 radical (unpaired) electrons. The highest BCUT2D eigenvalue weighted by molar-refractivity contribution is 5.72. The van der Waals surface area contributed by atoms with E-state index in [0.29, 0.717) is 35.3 Å². The summed E-state index contributed by atoms with van der Waals surface area (Å²) in [5, 5.41) is 13.6. The van der Waals surface area contributed by atoms with Gasteiger partial charge >= 0.3 is 6.61 Å². The lowest BCUT2D eigenvalue weighted by atomic mass is 9.95. The molecule has 0 saturated carbocycles. The molecule has 0 bridgehead atoms. The van der Waals surface area contributed by atoms with Crippen molar-refractivity contribution in [2.45, 2.75) is 32.4 Å². The fraction of sp³-hybridized carbons (Fsp3) is 0.500. The average molecular weight is 379 g/mol. The van der Waals surface area contributed by atoms with E-state index >= 15 is 0 Å². The smallest absolute Gasteiger partial charge is 0.388 e. The van der Waals surface area contributed by atoms with E-state index in [-0.39, 0.29) is 11.9 Å². The highest BCUT2D eigenvalue weighted by Crippen LogP contribution is 2.28. The molecule has 0 spiro atoms. The molecule has 2 atom stereocenters. The number of halogens is 2. The molecule has 0 amide bonds. The van der Waals surface area contributed by atoms with Gasteiger partial charge in [0, 0.05) is 18.6 Å². The highest BCUT2D eigenvalue weighted by atomic mass is 19.3. The van der Waals surface area contributed by atoms with E-state index in [2.05, 4.69) is 42.2 Å². The second-order valence-electron chi connectivity index (χ2n) is 6.39. The minimum absolute atomic E-state index is 0.116. The maximum Gasteiger partial charge on any atom is 0.388 e. The van der Waals surface area contributed by atoms with Crippen LogP contribution in [0.4, 0.5) is 20.4 Å². The highest BCUT2D eigenvalue weighted by Gasteiger charge is 2.24. The molecule has 4 rings (SSSR count). The first kappa shape index (κ1) is 17.6. The summed E-state index contributed by atoms with van der Waals surface area (Å²) in [5.74, 6) is 0.946. The Labute approximate surface area is 153 Å². The standard InChI is InChI=1S/C16H19F2N7O2/c1-9(10-3-2-4-26-8-10)25-15-11(6-20-25)19-7-13(22-15)21-12-5-14(24-23-12)27-16(17)18/h5-7,9-10,16H,2-4,8H2,1H3,(H2,21,22,23,24)/t9-,10+/m0/s1. The molecule has 1 fully saturated rings. The van der Waals surface area contributed by atoms with Gasteiger partial charge in [0.2, 0.25) is 5.88 Å². The van der Waals surface area contributed by atoms with Crippen LogP contribution in [0.2, 0.25) is 0 Å². The normalized spacial score (nSPS) is 18.7. The lowest BCUT2D eigenvalue weighted by Gasteiger charge is -2.27. The molecule has 0 aliphatic carbocycles. The topological polar surface area (TPSA) is 103 Å². The number of ether oxygens (including phenoxy) is 2. The summed E-state index contributed by atoms with van der Waals surface area (Å²) in [6, 6.07) is 1.43. The summed E-state index contributed by atoms with van der Waals surface area (Å²) >= 11 is 0. The third kappa shape index (κ3) is 3.82. The second-order valence-corrected chi connectivity index (χ2v) is 6.39. The zero-order valence-corrected chi connectivity index (χ0v) is 14.6. The molecule has 1 saturated heterocycles. The van der Waals surface area contributed by atoms with Crippen LogP contribution in [0.1, 0.15) is 25.8 Å². The van der Waals surface area contributed by atoms with Crippen molar-refractivity contribution in [1.82, 2.24) is 29.9 Å². The Morgan fingerprint density at radius 1 is 1.41 bits per heavy atom. The predicted octanol–water partition coefficient (Wildman–Crippen LogP) is 2.88. The number of H-pyrrole nitrogens is 1. The van der Waals surface area contributed by atoms with Gasteiger partial charge in [-0.1, -0.05) is 0 Å². The molecule has 3 aromatic heterocycles. The monoisotopic (exact) mass is 379 g/mol. The lowest BCUT2D eigenvalue weighted by molar-refractivity contribution is -0.0528. The molecule has 11 heteroatoms. The van der Waals surface area contributed by atoms with Crippen LogP contribution in [-0.2, 0) is 4.74 Å². The summed E-state index contributed by atoms with van der Waals surface area (Å²) in [7, 11) is 0. The summed E-state index contributed by atoms with van der Waals surface area (Å²) in [5.41, 5.74) is 1.32. The van der Waals surface area contributed by atoms with Gasteiger partial charge < -0.3 is 14.8 Å². The summed E-state index contributed by atoms with van der Waals surface area (Å²) in [4.78, 5) is 8.92. The van der Waals surface area contributed by atoms with Crippen LogP contribution in [0.5, 0.6) is 5.88 Å². The van der Waals surface area contributed by atoms with Gasteiger partial charge in [0.1, 0.15) is 11.3 Å². The maximum absolute atomic E-state index is 12.2. The van der Waals surface area contributed by atoms with E-state index in [1.54, 1.807) is 6.20 Å². The Kier molecular flexibility index (Phi) is 4.84. The first-order valence-corrected chi connectivity index (χ1v) is 8.65. The van der Waals surface area contributed by atoms with Crippen LogP contribution in [0.3, 0.4) is 0 Å². The minimum Gasteiger partial charge on any atom is -0.415 e. The van der Waals surface area contributed by atoms with Crippen molar-refractivity contribution in [1.29, 1.82) is 0 Å². The number of nitrogens with one attached hydrogen (secondary N) is 2. The molecule has 27 heavy (non-hydrogen) atoms. The predicted molar refractivity (Wildman–Crippen MR) is 92.1 cm³/mol. The van der Waals surface area contributed by atoms with E-state index in [1.165, 1.54) is 12.3 Å². The molecule has 1 aliphatic heterocycles.